The van der Waals surface area contributed by atoms with Crippen molar-refractivity contribution in [1.82, 2.24) is 24.8 Å². The van der Waals surface area contributed by atoms with E-state index in [1.54, 1.807) is 4.90 Å². The number of hydrogen-bond acceptors (Lipinski definition) is 4. The van der Waals surface area contributed by atoms with Gasteiger partial charge in [-0.2, -0.15) is 15.0 Å². The van der Waals surface area contributed by atoms with Gasteiger partial charge in [0.05, 0.1) is 29.7 Å². The molecule has 0 saturated carbocycles. The van der Waals surface area contributed by atoms with E-state index >= 15 is 0 Å². The Hall–Kier alpha value is -2.97. The normalized spacial score (nSPS) is 24.7. The number of amides is 2. The first-order chi connectivity index (χ1) is 13.0. The average molecular weight is 373 g/mol. The van der Waals surface area contributed by atoms with Crippen molar-refractivity contribution in [3.05, 3.63) is 42.0 Å². The predicted molar refractivity (Wildman–Crippen MR) is 93.1 cm³/mol. The molecule has 0 spiro atoms. The number of hydrogen-bond donors (Lipinski definition) is 1. The molecule has 0 aliphatic carbocycles. The van der Waals surface area contributed by atoms with E-state index in [1.807, 2.05) is 6.92 Å². The lowest BCUT2D eigenvalue weighted by Gasteiger charge is -2.42. The van der Waals surface area contributed by atoms with Crippen LogP contribution in [0.2, 0.25) is 0 Å². The third-order valence-corrected chi connectivity index (χ3v) is 5.57. The Morgan fingerprint density at radius 3 is 2.67 bits per heavy atom. The van der Waals surface area contributed by atoms with Crippen LogP contribution in [0, 0.1) is 11.7 Å². The van der Waals surface area contributed by atoms with Crippen LogP contribution in [0.3, 0.4) is 0 Å². The van der Waals surface area contributed by atoms with Gasteiger partial charge in [0.1, 0.15) is 5.82 Å². The summed E-state index contributed by atoms with van der Waals surface area (Å²) in [5.74, 6) is -0.616. The second-order valence-corrected chi connectivity index (χ2v) is 7.11. The molecule has 0 radical (unpaired) electrons. The van der Waals surface area contributed by atoms with Crippen LogP contribution in [0.4, 0.5) is 9.18 Å². The molecule has 2 aliphatic rings. The zero-order valence-corrected chi connectivity index (χ0v) is 14.8. The van der Waals surface area contributed by atoms with Gasteiger partial charge < -0.3 is 14.9 Å². The van der Waals surface area contributed by atoms with E-state index in [2.05, 4.69) is 10.2 Å². The van der Waals surface area contributed by atoms with Gasteiger partial charge in [-0.05, 0) is 43.9 Å². The Morgan fingerprint density at radius 2 is 1.96 bits per heavy atom. The molecule has 1 aromatic heterocycles. The van der Waals surface area contributed by atoms with Crippen molar-refractivity contribution in [2.45, 2.75) is 31.8 Å². The Balaban J connectivity index is 1.66. The van der Waals surface area contributed by atoms with E-state index in [0.29, 0.717) is 18.8 Å². The van der Waals surface area contributed by atoms with E-state index in [0.717, 1.165) is 12.8 Å². The van der Waals surface area contributed by atoms with Crippen LogP contribution in [0.1, 0.15) is 30.1 Å². The summed E-state index contributed by atoms with van der Waals surface area (Å²) in [7, 11) is 0. The highest BCUT2D eigenvalue weighted by Gasteiger charge is 2.44. The maximum atomic E-state index is 13.9. The first-order valence-electron chi connectivity index (χ1n) is 8.92. The molecular formula is C18H20FN5O3. The lowest BCUT2D eigenvalue weighted by atomic mass is 9.87. The van der Waals surface area contributed by atoms with E-state index in [1.165, 1.54) is 40.3 Å². The van der Waals surface area contributed by atoms with Crippen LogP contribution >= 0.6 is 0 Å². The molecule has 8 nitrogen and oxygen atoms in total. The van der Waals surface area contributed by atoms with Crippen LogP contribution in [0.25, 0.3) is 5.69 Å². The number of benzene rings is 1. The van der Waals surface area contributed by atoms with Gasteiger partial charge in [-0.3, -0.25) is 4.79 Å². The monoisotopic (exact) mass is 373 g/mol. The summed E-state index contributed by atoms with van der Waals surface area (Å²) in [6, 6.07) is 3.63. The standard InChI is InChI=1S/C18H20FN5O3/c1-11-8-12-4-7-22(18(26)27)16(12)10-23(11)17(25)14-9-13(19)2-3-15(14)24-20-5-6-21-24/h2-3,5-6,9,11-12,16H,4,7-8,10H2,1H3,(H,26,27)/t11-,12-,16+/m1/s1. The first-order valence-corrected chi connectivity index (χ1v) is 8.92. The summed E-state index contributed by atoms with van der Waals surface area (Å²) in [5.41, 5.74) is 0.554. The fraction of sp³-hybridized carbons (Fsp3) is 0.444. The quantitative estimate of drug-likeness (QED) is 0.869. The molecule has 2 aromatic rings. The number of fused-ring (bicyclic) bond motifs is 1. The zero-order valence-electron chi connectivity index (χ0n) is 14.8. The maximum Gasteiger partial charge on any atom is 0.407 e. The van der Waals surface area contributed by atoms with Crippen molar-refractivity contribution < 1.29 is 19.1 Å². The Kier molecular flexibility index (Phi) is 4.29. The number of aromatic nitrogens is 3. The molecular weight excluding hydrogens is 353 g/mol. The largest absolute Gasteiger partial charge is 0.465 e. The van der Waals surface area contributed by atoms with Crippen molar-refractivity contribution in [3.63, 3.8) is 0 Å². The molecule has 27 heavy (non-hydrogen) atoms. The SMILES string of the molecule is C[C@@H]1C[C@H]2CCN(C(=O)O)[C@H]2CN1C(=O)c1cc(F)ccc1-n1nccn1. The highest BCUT2D eigenvalue weighted by molar-refractivity contribution is 5.98. The topological polar surface area (TPSA) is 91.6 Å². The summed E-state index contributed by atoms with van der Waals surface area (Å²) in [5, 5.41) is 17.5. The second-order valence-electron chi connectivity index (χ2n) is 7.11. The zero-order chi connectivity index (χ0) is 19.1. The lowest BCUT2D eigenvalue weighted by Crippen LogP contribution is -2.54. The van der Waals surface area contributed by atoms with Gasteiger partial charge in [-0.1, -0.05) is 0 Å². The Morgan fingerprint density at radius 1 is 1.22 bits per heavy atom. The number of carbonyl (C=O) groups excluding carboxylic acids is 1. The van der Waals surface area contributed by atoms with Crippen LogP contribution in [0.15, 0.2) is 30.6 Å². The Labute approximate surface area is 155 Å². The fourth-order valence-corrected chi connectivity index (χ4v) is 4.26. The average Bonchev–Trinajstić information content (AvgIpc) is 3.29. The van der Waals surface area contributed by atoms with Gasteiger partial charge >= 0.3 is 6.09 Å². The molecule has 0 unspecified atom stereocenters. The van der Waals surface area contributed by atoms with E-state index in [4.69, 9.17) is 0 Å². The number of carboxylic acid groups (broad SMARTS) is 1. The summed E-state index contributed by atoms with van der Waals surface area (Å²) in [6.07, 6.45) is 3.54. The van der Waals surface area contributed by atoms with Gasteiger partial charge in [0, 0.05) is 19.1 Å². The minimum absolute atomic E-state index is 0.0609. The third kappa shape index (κ3) is 3.02. The van der Waals surface area contributed by atoms with Gasteiger partial charge in [-0.15, -0.1) is 0 Å². The van der Waals surface area contributed by atoms with Crippen molar-refractivity contribution in [2.24, 2.45) is 5.92 Å². The van der Waals surface area contributed by atoms with E-state index in [9.17, 15) is 19.1 Å². The second kappa shape index (κ2) is 6.64. The summed E-state index contributed by atoms with van der Waals surface area (Å²) < 4.78 is 13.9. The van der Waals surface area contributed by atoms with Crippen LogP contribution < -0.4 is 0 Å². The number of nitrogens with zero attached hydrogens (tertiary/aromatic N) is 5. The molecule has 3 heterocycles. The third-order valence-electron chi connectivity index (χ3n) is 5.57. The van der Waals surface area contributed by atoms with E-state index < -0.39 is 11.9 Å². The lowest BCUT2D eigenvalue weighted by molar-refractivity contribution is 0.0422. The van der Waals surface area contributed by atoms with Gasteiger partial charge in [-0.25, -0.2) is 9.18 Å². The summed E-state index contributed by atoms with van der Waals surface area (Å²) in [4.78, 5) is 29.1. The first kappa shape index (κ1) is 17.4. The molecule has 142 valence electrons. The predicted octanol–water partition coefficient (Wildman–Crippen LogP) is 2.01. The van der Waals surface area contributed by atoms with Crippen LogP contribution in [-0.2, 0) is 0 Å². The van der Waals surface area contributed by atoms with Crippen LogP contribution in [0.5, 0.6) is 0 Å². The molecule has 2 amide bonds. The maximum absolute atomic E-state index is 13.9. The minimum atomic E-state index is -0.961. The van der Waals surface area contributed by atoms with Crippen molar-refractivity contribution >= 4 is 12.0 Å². The van der Waals surface area contributed by atoms with E-state index in [-0.39, 0.29) is 29.5 Å². The smallest absolute Gasteiger partial charge is 0.407 e. The number of rotatable bonds is 2. The summed E-state index contributed by atoms with van der Waals surface area (Å²) in [6.45, 7) is 2.74. The molecule has 4 rings (SSSR count). The fourth-order valence-electron chi connectivity index (χ4n) is 4.26. The summed E-state index contributed by atoms with van der Waals surface area (Å²) >= 11 is 0. The molecule has 2 fully saturated rings. The number of carbonyl (C=O) groups is 2. The molecule has 2 aliphatic heterocycles. The number of halogens is 1. The van der Waals surface area contributed by atoms with Crippen molar-refractivity contribution in [1.29, 1.82) is 0 Å². The Bertz CT molecular complexity index is 872. The van der Waals surface area contributed by atoms with Crippen LogP contribution in [-0.4, -0.2) is 67.1 Å². The van der Waals surface area contributed by atoms with Crippen molar-refractivity contribution in [2.75, 3.05) is 13.1 Å². The highest BCUT2D eigenvalue weighted by atomic mass is 19.1. The van der Waals surface area contributed by atoms with Gasteiger partial charge in [0.25, 0.3) is 5.91 Å². The molecule has 3 atom stereocenters. The minimum Gasteiger partial charge on any atom is -0.465 e. The van der Waals surface area contributed by atoms with Gasteiger partial charge in [0.2, 0.25) is 0 Å². The highest BCUT2D eigenvalue weighted by Crippen LogP contribution is 2.35. The van der Waals surface area contributed by atoms with Crippen molar-refractivity contribution in [3.8, 4) is 5.69 Å². The molecule has 0 bridgehead atoms. The molecule has 2 saturated heterocycles. The number of piperidine rings is 1. The molecule has 1 N–H and O–H groups in total. The van der Waals surface area contributed by atoms with Gasteiger partial charge in [0.15, 0.2) is 0 Å². The molecule has 1 aromatic carbocycles. The number of likely N-dealkylation sites (tertiary alicyclic amines) is 2. The molecule has 9 heteroatoms.